The number of aliphatic carboxylic acids is 1. The Morgan fingerprint density at radius 2 is 2.08 bits per heavy atom. The number of nitrogens with one attached hydrogen (secondary N) is 1. The molecule has 0 aliphatic rings. The topological polar surface area (TPSA) is 95.8 Å². The van der Waals surface area contributed by atoms with E-state index in [4.69, 9.17) is 5.11 Å². The molecule has 0 aromatic rings. The molecule has 0 heterocycles. The zero-order chi connectivity index (χ0) is 9.56. The van der Waals surface area contributed by atoms with Crippen LogP contribution in [0.1, 0.15) is 13.3 Å². The van der Waals surface area contributed by atoms with Crippen molar-refractivity contribution in [1.82, 2.24) is 5.43 Å². The average Bonchev–Trinajstić information content (AvgIpc) is 1.84. The highest BCUT2D eigenvalue weighted by atomic mass is 16.4. The van der Waals surface area contributed by atoms with E-state index in [2.05, 4.69) is 5.10 Å². The summed E-state index contributed by atoms with van der Waals surface area (Å²) in [6.07, 6.45) is 0.138. The van der Waals surface area contributed by atoms with Crippen LogP contribution in [-0.2, 0) is 14.4 Å². The van der Waals surface area contributed by atoms with Crippen molar-refractivity contribution in [3.63, 3.8) is 0 Å². The van der Waals surface area contributed by atoms with Gasteiger partial charge in [-0.2, -0.15) is 5.10 Å². The number of Topliss-reactive ketones (excluding diaryl/α,β-unsaturated/α-hetero) is 1. The summed E-state index contributed by atoms with van der Waals surface area (Å²) < 4.78 is 0. The van der Waals surface area contributed by atoms with Gasteiger partial charge in [-0.25, -0.2) is 5.43 Å². The lowest BCUT2D eigenvalue weighted by atomic mass is 10.3. The van der Waals surface area contributed by atoms with Crippen LogP contribution in [0.15, 0.2) is 5.10 Å². The Morgan fingerprint density at radius 1 is 1.50 bits per heavy atom. The van der Waals surface area contributed by atoms with Gasteiger partial charge in [0.2, 0.25) is 5.91 Å². The molecule has 0 aromatic carbocycles. The molecule has 6 heteroatoms. The Balaban J connectivity index is 3.76. The molecule has 0 fully saturated rings. The van der Waals surface area contributed by atoms with Crippen molar-refractivity contribution in [2.45, 2.75) is 13.3 Å². The lowest BCUT2D eigenvalue weighted by molar-refractivity contribution is -0.138. The molecule has 0 aromatic heterocycles. The summed E-state index contributed by atoms with van der Waals surface area (Å²) in [6, 6.07) is 0. The largest absolute Gasteiger partial charge is 0.481 e. The molecule has 0 saturated heterocycles. The average molecular weight is 172 g/mol. The fourth-order valence-electron chi connectivity index (χ4n) is 0.390. The van der Waals surface area contributed by atoms with Gasteiger partial charge in [0.25, 0.3) is 0 Å². The van der Waals surface area contributed by atoms with Gasteiger partial charge < -0.3 is 5.11 Å². The third kappa shape index (κ3) is 6.40. The maximum Gasteiger partial charge on any atom is 0.311 e. The van der Waals surface area contributed by atoms with Crippen LogP contribution in [0.4, 0.5) is 0 Å². The van der Waals surface area contributed by atoms with Gasteiger partial charge in [-0.15, -0.1) is 0 Å². The molecule has 0 bridgehead atoms. The fourth-order valence-corrected chi connectivity index (χ4v) is 0.390. The summed E-state index contributed by atoms with van der Waals surface area (Å²) in [7, 11) is 0. The molecule has 0 atom stereocenters. The maximum atomic E-state index is 10.6. The highest BCUT2D eigenvalue weighted by Crippen LogP contribution is 1.78. The van der Waals surface area contributed by atoms with Crippen LogP contribution in [0.25, 0.3) is 0 Å². The van der Waals surface area contributed by atoms with Crippen LogP contribution in [0, 0.1) is 0 Å². The summed E-state index contributed by atoms with van der Waals surface area (Å²) in [4.78, 5) is 30.7. The van der Waals surface area contributed by atoms with E-state index in [-0.39, 0.29) is 0 Å². The van der Waals surface area contributed by atoms with Crippen LogP contribution >= 0.6 is 0 Å². The molecule has 2 N–H and O–H groups in total. The minimum atomic E-state index is -1.23. The van der Waals surface area contributed by atoms with Gasteiger partial charge in [-0.05, 0) is 0 Å². The van der Waals surface area contributed by atoms with Crippen LogP contribution in [-0.4, -0.2) is 29.0 Å². The molecule has 66 valence electrons. The van der Waals surface area contributed by atoms with Crippen LogP contribution in [0.5, 0.6) is 0 Å². The number of ketones is 1. The number of rotatable bonds is 4. The van der Waals surface area contributed by atoms with Crippen LogP contribution in [0.2, 0.25) is 0 Å². The Kier molecular flexibility index (Phi) is 4.28. The van der Waals surface area contributed by atoms with E-state index in [1.54, 1.807) is 0 Å². The number of carboxylic acids is 1. The van der Waals surface area contributed by atoms with Crippen LogP contribution in [0.3, 0.4) is 0 Å². The first-order valence-electron chi connectivity index (χ1n) is 3.06. The Bertz CT molecular complexity index is 234. The second-order valence-corrected chi connectivity index (χ2v) is 1.96. The number of carbonyl (C=O) groups excluding carboxylic acids is 2. The van der Waals surface area contributed by atoms with Gasteiger partial charge in [-0.3, -0.25) is 14.4 Å². The van der Waals surface area contributed by atoms with Crippen molar-refractivity contribution in [2.24, 2.45) is 5.10 Å². The number of hydrogen-bond donors (Lipinski definition) is 2. The summed E-state index contributed by atoms with van der Waals surface area (Å²) in [6.45, 7) is 1.22. The highest BCUT2D eigenvalue weighted by molar-refractivity contribution is 6.31. The van der Waals surface area contributed by atoms with Crippen LogP contribution < -0.4 is 5.43 Å². The summed E-state index contributed by atoms with van der Waals surface area (Å²) in [5.41, 5.74) is 1.97. The number of amides is 1. The van der Waals surface area contributed by atoms with E-state index in [0.717, 1.165) is 6.21 Å². The van der Waals surface area contributed by atoms with Crippen molar-refractivity contribution in [1.29, 1.82) is 0 Å². The van der Waals surface area contributed by atoms with Gasteiger partial charge in [0.15, 0.2) is 5.78 Å². The van der Waals surface area contributed by atoms with Gasteiger partial charge in [-0.1, -0.05) is 0 Å². The molecular formula is C6H8N2O4. The zero-order valence-electron chi connectivity index (χ0n) is 6.40. The molecule has 0 aliphatic carbocycles. The number of hydrogen-bond acceptors (Lipinski definition) is 4. The standard InChI is InChI=1S/C6H8N2O4/c1-4(9)8-7-3-5(10)2-6(11)12/h3H,2H2,1H3,(H,8,9)(H,11,12). The van der Waals surface area contributed by atoms with Crippen molar-refractivity contribution in [2.75, 3.05) is 0 Å². The molecule has 0 saturated carbocycles. The molecule has 1 amide bonds. The van der Waals surface area contributed by atoms with E-state index in [9.17, 15) is 14.4 Å². The first-order valence-corrected chi connectivity index (χ1v) is 3.06. The molecule has 0 aliphatic heterocycles. The number of carboxylic acid groups (broad SMARTS) is 1. The Hall–Kier alpha value is -1.72. The van der Waals surface area contributed by atoms with Gasteiger partial charge >= 0.3 is 5.97 Å². The van der Waals surface area contributed by atoms with E-state index >= 15 is 0 Å². The fraction of sp³-hybridized carbons (Fsp3) is 0.333. The van der Waals surface area contributed by atoms with E-state index in [1.807, 2.05) is 5.43 Å². The van der Waals surface area contributed by atoms with Crippen molar-refractivity contribution in [3.8, 4) is 0 Å². The van der Waals surface area contributed by atoms with Crippen molar-refractivity contribution >= 4 is 23.9 Å². The summed E-state index contributed by atoms with van der Waals surface area (Å²) in [5.74, 6) is -2.32. The third-order valence-electron chi connectivity index (χ3n) is 0.756. The Labute approximate surface area is 68.3 Å². The molecule has 0 rings (SSSR count). The summed E-state index contributed by atoms with van der Waals surface area (Å²) in [5, 5.41) is 11.3. The first-order chi connectivity index (χ1) is 5.52. The molecule has 0 spiro atoms. The molecule has 0 radical (unpaired) electrons. The van der Waals surface area contributed by atoms with Gasteiger partial charge in [0.1, 0.15) is 6.42 Å². The summed E-state index contributed by atoms with van der Waals surface area (Å²) >= 11 is 0. The van der Waals surface area contributed by atoms with Crippen molar-refractivity contribution < 1.29 is 19.5 Å². The van der Waals surface area contributed by atoms with E-state index in [1.165, 1.54) is 6.92 Å². The highest BCUT2D eigenvalue weighted by Gasteiger charge is 2.03. The third-order valence-corrected chi connectivity index (χ3v) is 0.756. The predicted octanol–water partition coefficient (Wildman–Crippen LogP) is -0.848. The molecule has 12 heavy (non-hydrogen) atoms. The van der Waals surface area contributed by atoms with Gasteiger partial charge in [0, 0.05) is 6.92 Å². The quantitative estimate of drug-likeness (QED) is 0.328. The zero-order valence-corrected chi connectivity index (χ0v) is 6.40. The van der Waals surface area contributed by atoms with E-state index < -0.39 is 24.1 Å². The second-order valence-electron chi connectivity index (χ2n) is 1.96. The lowest BCUT2D eigenvalue weighted by Crippen LogP contribution is -2.15. The monoisotopic (exact) mass is 172 g/mol. The van der Waals surface area contributed by atoms with Crippen molar-refractivity contribution in [3.05, 3.63) is 0 Å². The number of nitrogens with zero attached hydrogens (tertiary/aromatic N) is 1. The minimum absolute atomic E-state index is 0.422. The smallest absolute Gasteiger partial charge is 0.311 e. The predicted molar refractivity (Wildman–Crippen MR) is 39.6 cm³/mol. The lowest BCUT2D eigenvalue weighted by Gasteiger charge is -1.89. The number of hydrazone groups is 1. The normalized spacial score (nSPS) is 9.75. The second kappa shape index (κ2) is 5.00. The van der Waals surface area contributed by atoms with Gasteiger partial charge in [0.05, 0.1) is 6.21 Å². The Morgan fingerprint density at radius 3 is 2.50 bits per heavy atom. The molecule has 6 nitrogen and oxygen atoms in total. The number of carbonyl (C=O) groups is 3. The molecule has 0 unspecified atom stereocenters. The SMILES string of the molecule is CC(=O)NN=CC(=O)CC(=O)O. The molecular weight excluding hydrogens is 164 g/mol. The maximum absolute atomic E-state index is 10.6. The first kappa shape index (κ1) is 10.3. The van der Waals surface area contributed by atoms with E-state index in [0.29, 0.717) is 0 Å². The minimum Gasteiger partial charge on any atom is -0.481 e.